The van der Waals surface area contributed by atoms with E-state index in [0.717, 1.165) is 13.0 Å². The van der Waals surface area contributed by atoms with Crippen molar-refractivity contribution in [1.29, 1.82) is 0 Å². The highest BCUT2D eigenvalue weighted by Crippen LogP contribution is 2.21. The maximum Gasteiger partial charge on any atom is 0.237 e. The van der Waals surface area contributed by atoms with Crippen molar-refractivity contribution in [3.05, 3.63) is 0 Å². The van der Waals surface area contributed by atoms with Gasteiger partial charge in [0.15, 0.2) is 0 Å². The fourth-order valence-corrected chi connectivity index (χ4v) is 2.57. The molecule has 1 aliphatic heterocycles. The van der Waals surface area contributed by atoms with E-state index in [-0.39, 0.29) is 24.1 Å². The Labute approximate surface area is 115 Å². The van der Waals surface area contributed by atoms with Gasteiger partial charge < -0.3 is 20.1 Å². The molecule has 0 bridgehead atoms. The van der Waals surface area contributed by atoms with Gasteiger partial charge in [-0.15, -0.1) is 0 Å². The number of nitrogens with one attached hydrogen (secondary N) is 1. The Kier molecular flexibility index (Phi) is 6.71. The molecule has 0 radical (unpaired) electrons. The highest BCUT2D eigenvalue weighted by Gasteiger charge is 2.36. The Hall–Kier alpha value is -0.690. The first kappa shape index (κ1) is 16.4. The highest BCUT2D eigenvalue weighted by atomic mass is 16.5. The molecular formula is C13H27N3O3. The van der Waals surface area contributed by atoms with Gasteiger partial charge in [-0.2, -0.15) is 0 Å². The van der Waals surface area contributed by atoms with Gasteiger partial charge in [0, 0.05) is 32.8 Å². The number of likely N-dealkylation sites (N-methyl/N-ethyl adjacent to an activating group) is 1. The van der Waals surface area contributed by atoms with E-state index in [1.165, 1.54) is 0 Å². The van der Waals surface area contributed by atoms with Gasteiger partial charge in [0.1, 0.15) is 0 Å². The molecule has 3 atom stereocenters. The standard InChI is InChI=1S/C13H27N3O3/c1-10(13(18)14-5-6-19-4)16-9-12(17)7-11(16)8-15(2)3/h10-12,17H,5-9H2,1-4H3,(H,14,18). The van der Waals surface area contributed by atoms with Crippen LogP contribution >= 0.6 is 0 Å². The molecule has 0 aromatic carbocycles. The fourth-order valence-electron chi connectivity index (χ4n) is 2.57. The summed E-state index contributed by atoms with van der Waals surface area (Å²) in [7, 11) is 5.62. The van der Waals surface area contributed by atoms with Crippen LogP contribution in [0.5, 0.6) is 0 Å². The van der Waals surface area contributed by atoms with Crippen LogP contribution in [0.2, 0.25) is 0 Å². The maximum absolute atomic E-state index is 12.0. The monoisotopic (exact) mass is 273 g/mol. The number of ether oxygens (including phenoxy) is 1. The number of nitrogens with zero attached hydrogens (tertiary/aromatic N) is 2. The number of amides is 1. The van der Waals surface area contributed by atoms with E-state index in [1.54, 1.807) is 7.11 Å². The summed E-state index contributed by atoms with van der Waals surface area (Å²) in [6.07, 6.45) is 0.396. The minimum Gasteiger partial charge on any atom is -0.392 e. The van der Waals surface area contributed by atoms with Crippen LogP contribution in [0.3, 0.4) is 0 Å². The number of β-amino-alcohol motifs (C(OH)–C–C–N with tert-alkyl or cyclic N) is 1. The molecule has 0 aromatic heterocycles. The normalized spacial score (nSPS) is 25.8. The van der Waals surface area contributed by atoms with Crippen molar-refractivity contribution in [1.82, 2.24) is 15.1 Å². The van der Waals surface area contributed by atoms with E-state index in [0.29, 0.717) is 19.7 Å². The molecule has 112 valence electrons. The second kappa shape index (κ2) is 7.79. The summed E-state index contributed by atoms with van der Waals surface area (Å²) in [6, 6.07) is 0.00660. The minimum atomic E-state index is -0.334. The Morgan fingerprint density at radius 3 is 2.84 bits per heavy atom. The quantitative estimate of drug-likeness (QED) is 0.591. The van der Waals surface area contributed by atoms with Crippen LogP contribution in [0, 0.1) is 0 Å². The van der Waals surface area contributed by atoms with E-state index < -0.39 is 0 Å². The molecule has 1 amide bonds. The fraction of sp³-hybridized carbons (Fsp3) is 0.923. The zero-order valence-electron chi connectivity index (χ0n) is 12.4. The minimum absolute atomic E-state index is 0.00472. The Bertz CT molecular complexity index is 286. The van der Waals surface area contributed by atoms with Crippen molar-refractivity contribution in [2.75, 3.05) is 47.4 Å². The van der Waals surface area contributed by atoms with Crippen molar-refractivity contribution in [2.45, 2.75) is 31.5 Å². The second-order valence-corrected chi connectivity index (χ2v) is 5.46. The van der Waals surface area contributed by atoms with Crippen LogP contribution in [0.25, 0.3) is 0 Å². The van der Waals surface area contributed by atoms with Gasteiger partial charge in [0.2, 0.25) is 5.91 Å². The van der Waals surface area contributed by atoms with Crippen molar-refractivity contribution >= 4 is 5.91 Å². The predicted molar refractivity (Wildman–Crippen MR) is 74.0 cm³/mol. The molecule has 1 fully saturated rings. The Balaban J connectivity index is 2.52. The summed E-state index contributed by atoms with van der Waals surface area (Å²) in [5, 5.41) is 12.7. The number of carbonyl (C=O) groups excluding carboxylic acids is 1. The summed E-state index contributed by atoms with van der Waals surface area (Å²) in [5.41, 5.74) is 0. The van der Waals surface area contributed by atoms with Crippen molar-refractivity contribution in [3.8, 4) is 0 Å². The summed E-state index contributed by atoms with van der Waals surface area (Å²) in [6.45, 7) is 4.35. The largest absolute Gasteiger partial charge is 0.392 e. The smallest absolute Gasteiger partial charge is 0.237 e. The number of aliphatic hydroxyl groups excluding tert-OH is 1. The average Bonchev–Trinajstić information content (AvgIpc) is 2.68. The van der Waals surface area contributed by atoms with Crippen LogP contribution in [-0.2, 0) is 9.53 Å². The lowest BCUT2D eigenvalue weighted by molar-refractivity contribution is -0.126. The Morgan fingerprint density at radius 2 is 2.26 bits per heavy atom. The average molecular weight is 273 g/mol. The molecule has 1 aliphatic rings. The third-order valence-electron chi connectivity index (χ3n) is 3.49. The molecule has 0 aromatic rings. The van der Waals surface area contributed by atoms with Crippen molar-refractivity contribution < 1.29 is 14.6 Å². The Morgan fingerprint density at radius 1 is 1.58 bits per heavy atom. The number of carbonyl (C=O) groups is 1. The molecule has 19 heavy (non-hydrogen) atoms. The van der Waals surface area contributed by atoms with Gasteiger partial charge >= 0.3 is 0 Å². The van der Waals surface area contributed by atoms with Crippen LogP contribution in [0.1, 0.15) is 13.3 Å². The van der Waals surface area contributed by atoms with Crippen LogP contribution in [0.4, 0.5) is 0 Å². The van der Waals surface area contributed by atoms with E-state index >= 15 is 0 Å². The highest BCUT2D eigenvalue weighted by molar-refractivity contribution is 5.81. The third kappa shape index (κ3) is 5.06. The van der Waals surface area contributed by atoms with Gasteiger partial charge in [0.05, 0.1) is 18.8 Å². The SMILES string of the molecule is COCCNC(=O)C(C)N1CC(O)CC1CN(C)C. The first-order valence-electron chi connectivity index (χ1n) is 6.81. The molecule has 1 heterocycles. The zero-order chi connectivity index (χ0) is 14.4. The molecule has 1 saturated heterocycles. The molecule has 2 N–H and O–H groups in total. The summed E-state index contributed by atoms with van der Waals surface area (Å²) >= 11 is 0. The number of methoxy groups -OCH3 is 1. The topological polar surface area (TPSA) is 65.0 Å². The molecule has 1 rings (SSSR count). The van der Waals surface area contributed by atoms with E-state index in [9.17, 15) is 9.90 Å². The molecule has 0 saturated carbocycles. The number of hydrogen-bond acceptors (Lipinski definition) is 5. The molecule has 3 unspecified atom stereocenters. The molecular weight excluding hydrogens is 246 g/mol. The molecule has 0 aliphatic carbocycles. The lowest BCUT2D eigenvalue weighted by Gasteiger charge is -2.31. The number of rotatable bonds is 7. The first-order valence-corrected chi connectivity index (χ1v) is 6.81. The summed E-state index contributed by atoms with van der Waals surface area (Å²) in [4.78, 5) is 16.2. The van der Waals surface area contributed by atoms with Gasteiger partial charge in [-0.3, -0.25) is 9.69 Å². The van der Waals surface area contributed by atoms with E-state index in [2.05, 4.69) is 15.1 Å². The van der Waals surface area contributed by atoms with Crippen LogP contribution in [0.15, 0.2) is 0 Å². The van der Waals surface area contributed by atoms with Gasteiger partial charge in [-0.1, -0.05) is 0 Å². The maximum atomic E-state index is 12.0. The predicted octanol–water partition coefficient (Wildman–Crippen LogP) is -0.866. The van der Waals surface area contributed by atoms with Gasteiger partial charge in [-0.05, 0) is 27.4 Å². The molecule has 6 nitrogen and oxygen atoms in total. The van der Waals surface area contributed by atoms with E-state index in [4.69, 9.17) is 4.74 Å². The lowest BCUT2D eigenvalue weighted by atomic mass is 10.1. The van der Waals surface area contributed by atoms with Crippen molar-refractivity contribution in [2.24, 2.45) is 0 Å². The van der Waals surface area contributed by atoms with Crippen LogP contribution in [-0.4, -0.2) is 86.4 Å². The van der Waals surface area contributed by atoms with E-state index in [1.807, 2.05) is 21.0 Å². The third-order valence-corrected chi connectivity index (χ3v) is 3.49. The first-order chi connectivity index (χ1) is 8.95. The number of aliphatic hydroxyl groups is 1. The summed E-state index contributed by atoms with van der Waals surface area (Å²) in [5.74, 6) is -0.00472. The lowest BCUT2D eigenvalue weighted by Crippen LogP contribution is -2.50. The molecule has 0 spiro atoms. The van der Waals surface area contributed by atoms with Crippen molar-refractivity contribution in [3.63, 3.8) is 0 Å². The molecule has 6 heteroatoms. The second-order valence-electron chi connectivity index (χ2n) is 5.46. The van der Waals surface area contributed by atoms with Crippen LogP contribution < -0.4 is 5.32 Å². The summed E-state index contributed by atoms with van der Waals surface area (Å²) < 4.78 is 4.91. The van der Waals surface area contributed by atoms with Gasteiger partial charge in [-0.25, -0.2) is 0 Å². The number of hydrogen-bond donors (Lipinski definition) is 2. The van der Waals surface area contributed by atoms with Gasteiger partial charge in [0.25, 0.3) is 0 Å². The zero-order valence-corrected chi connectivity index (χ0v) is 12.4. The number of likely N-dealkylation sites (tertiary alicyclic amines) is 1.